The standard InChI is InChI=1S/C15H23N3O4/c1-2-3-5-11(15(20)21)16-12(19)6-4-7-13-17-14(18-22-13)10-8-9-10/h10-11H,2-9H2,1H3,(H,16,19)(H,20,21). The quantitative estimate of drug-likeness (QED) is 0.685. The number of carbonyl (C=O) groups excluding carboxylic acids is 1. The lowest BCUT2D eigenvalue weighted by Crippen LogP contribution is -2.40. The van der Waals surface area contributed by atoms with E-state index in [4.69, 9.17) is 9.63 Å². The van der Waals surface area contributed by atoms with Crippen molar-refractivity contribution in [3.8, 4) is 0 Å². The van der Waals surface area contributed by atoms with E-state index in [1.807, 2.05) is 6.92 Å². The Hall–Kier alpha value is -1.92. The minimum Gasteiger partial charge on any atom is -0.480 e. The van der Waals surface area contributed by atoms with E-state index in [9.17, 15) is 9.59 Å². The molecule has 1 unspecified atom stereocenters. The fraction of sp³-hybridized carbons (Fsp3) is 0.733. The Morgan fingerprint density at radius 3 is 2.82 bits per heavy atom. The van der Waals surface area contributed by atoms with Crippen molar-refractivity contribution in [3.63, 3.8) is 0 Å². The second kappa shape index (κ2) is 7.91. The van der Waals surface area contributed by atoms with Crippen LogP contribution in [0.15, 0.2) is 4.52 Å². The number of aliphatic carboxylic acids is 1. The average molecular weight is 309 g/mol. The summed E-state index contributed by atoms with van der Waals surface area (Å²) in [5.74, 6) is 0.550. The van der Waals surface area contributed by atoms with E-state index in [1.165, 1.54) is 0 Å². The van der Waals surface area contributed by atoms with Gasteiger partial charge in [-0.05, 0) is 25.7 Å². The number of unbranched alkanes of at least 4 members (excludes halogenated alkanes) is 1. The summed E-state index contributed by atoms with van der Waals surface area (Å²) >= 11 is 0. The van der Waals surface area contributed by atoms with Crippen LogP contribution in [-0.2, 0) is 16.0 Å². The minimum atomic E-state index is -0.979. The maximum absolute atomic E-state index is 11.8. The predicted octanol–water partition coefficient (Wildman–Crippen LogP) is 2.03. The van der Waals surface area contributed by atoms with Crippen LogP contribution in [0.25, 0.3) is 0 Å². The van der Waals surface area contributed by atoms with E-state index >= 15 is 0 Å². The first-order chi connectivity index (χ1) is 10.6. The molecule has 1 heterocycles. The van der Waals surface area contributed by atoms with E-state index in [-0.39, 0.29) is 12.3 Å². The Labute approximate surface area is 129 Å². The van der Waals surface area contributed by atoms with Crippen LogP contribution in [0.5, 0.6) is 0 Å². The Balaban J connectivity index is 1.68. The van der Waals surface area contributed by atoms with Gasteiger partial charge in [0.15, 0.2) is 5.82 Å². The van der Waals surface area contributed by atoms with E-state index in [0.717, 1.165) is 31.5 Å². The van der Waals surface area contributed by atoms with Gasteiger partial charge in [0.25, 0.3) is 0 Å². The Morgan fingerprint density at radius 2 is 2.18 bits per heavy atom. The number of rotatable bonds is 10. The van der Waals surface area contributed by atoms with Crippen molar-refractivity contribution in [2.45, 2.75) is 70.3 Å². The van der Waals surface area contributed by atoms with Gasteiger partial charge in [0, 0.05) is 18.8 Å². The van der Waals surface area contributed by atoms with Gasteiger partial charge in [-0.3, -0.25) is 4.79 Å². The number of hydrogen-bond donors (Lipinski definition) is 2. The number of carboxylic acids is 1. The van der Waals surface area contributed by atoms with Gasteiger partial charge in [-0.2, -0.15) is 4.98 Å². The van der Waals surface area contributed by atoms with Crippen molar-refractivity contribution >= 4 is 11.9 Å². The smallest absolute Gasteiger partial charge is 0.326 e. The Bertz CT molecular complexity index is 511. The highest BCUT2D eigenvalue weighted by atomic mass is 16.5. The number of nitrogens with one attached hydrogen (secondary N) is 1. The van der Waals surface area contributed by atoms with Crippen molar-refractivity contribution in [3.05, 3.63) is 11.7 Å². The molecule has 1 aromatic heterocycles. The summed E-state index contributed by atoms with van der Waals surface area (Å²) in [5, 5.41) is 15.5. The highest BCUT2D eigenvalue weighted by Gasteiger charge is 2.28. The van der Waals surface area contributed by atoms with Crippen LogP contribution in [-0.4, -0.2) is 33.2 Å². The molecule has 22 heavy (non-hydrogen) atoms. The molecule has 7 nitrogen and oxygen atoms in total. The van der Waals surface area contributed by atoms with Crippen molar-refractivity contribution in [1.82, 2.24) is 15.5 Å². The van der Waals surface area contributed by atoms with Crippen LogP contribution in [0, 0.1) is 0 Å². The zero-order chi connectivity index (χ0) is 15.9. The van der Waals surface area contributed by atoms with Crippen LogP contribution in [0.1, 0.15) is 69.5 Å². The van der Waals surface area contributed by atoms with Gasteiger partial charge in [-0.1, -0.05) is 24.9 Å². The lowest BCUT2D eigenvalue weighted by Gasteiger charge is -2.13. The molecule has 0 spiro atoms. The van der Waals surface area contributed by atoms with Crippen molar-refractivity contribution in [2.24, 2.45) is 0 Å². The molecule has 0 aromatic carbocycles. The number of amides is 1. The first-order valence-electron chi connectivity index (χ1n) is 7.94. The molecule has 1 aliphatic carbocycles. The fourth-order valence-corrected chi connectivity index (χ4v) is 2.21. The fourth-order valence-electron chi connectivity index (χ4n) is 2.21. The summed E-state index contributed by atoms with van der Waals surface area (Å²) in [6.07, 6.45) is 5.76. The topological polar surface area (TPSA) is 105 Å². The molecule has 122 valence electrons. The molecule has 2 rings (SSSR count). The molecule has 0 radical (unpaired) electrons. The number of aromatic nitrogens is 2. The van der Waals surface area contributed by atoms with E-state index in [1.54, 1.807) is 0 Å². The number of carboxylic acid groups (broad SMARTS) is 1. The van der Waals surface area contributed by atoms with E-state index < -0.39 is 12.0 Å². The molecule has 0 saturated heterocycles. The van der Waals surface area contributed by atoms with Gasteiger partial charge in [-0.15, -0.1) is 0 Å². The van der Waals surface area contributed by atoms with Crippen molar-refractivity contribution in [1.29, 1.82) is 0 Å². The van der Waals surface area contributed by atoms with Crippen molar-refractivity contribution in [2.75, 3.05) is 0 Å². The van der Waals surface area contributed by atoms with Gasteiger partial charge in [0.05, 0.1) is 0 Å². The molecular formula is C15H23N3O4. The van der Waals surface area contributed by atoms with Crippen LogP contribution in [0.3, 0.4) is 0 Å². The largest absolute Gasteiger partial charge is 0.480 e. The lowest BCUT2D eigenvalue weighted by atomic mass is 10.1. The third kappa shape index (κ3) is 5.13. The third-order valence-electron chi connectivity index (χ3n) is 3.70. The molecular weight excluding hydrogens is 286 g/mol. The lowest BCUT2D eigenvalue weighted by molar-refractivity contribution is -0.142. The molecule has 1 aromatic rings. The number of carbonyl (C=O) groups is 2. The number of nitrogens with zero attached hydrogens (tertiary/aromatic N) is 2. The Kier molecular flexibility index (Phi) is 5.91. The molecule has 1 saturated carbocycles. The van der Waals surface area contributed by atoms with Crippen LogP contribution in [0.2, 0.25) is 0 Å². The SMILES string of the molecule is CCCCC(NC(=O)CCCc1nc(C2CC2)no1)C(=O)O. The summed E-state index contributed by atoms with van der Waals surface area (Å²) < 4.78 is 5.13. The summed E-state index contributed by atoms with van der Waals surface area (Å²) in [4.78, 5) is 27.1. The van der Waals surface area contributed by atoms with E-state index in [0.29, 0.717) is 31.1 Å². The van der Waals surface area contributed by atoms with Crippen LogP contribution >= 0.6 is 0 Å². The second-order valence-electron chi connectivity index (χ2n) is 5.77. The van der Waals surface area contributed by atoms with Crippen molar-refractivity contribution < 1.29 is 19.2 Å². The maximum Gasteiger partial charge on any atom is 0.326 e. The van der Waals surface area contributed by atoms with Gasteiger partial charge >= 0.3 is 5.97 Å². The maximum atomic E-state index is 11.8. The highest BCUT2D eigenvalue weighted by molar-refractivity contribution is 5.83. The molecule has 7 heteroatoms. The summed E-state index contributed by atoms with van der Waals surface area (Å²) in [7, 11) is 0. The number of hydrogen-bond acceptors (Lipinski definition) is 5. The highest BCUT2D eigenvalue weighted by Crippen LogP contribution is 2.38. The molecule has 1 aliphatic rings. The van der Waals surface area contributed by atoms with Gasteiger partial charge in [0.2, 0.25) is 11.8 Å². The molecule has 2 N–H and O–H groups in total. The molecule has 0 aliphatic heterocycles. The predicted molar refractivity (Wildman–Crippen MR) is 78.3 cm³/mol. The summed E-state index contributed by atoms with van der Waals surface area (Å²) in [6, 6.07) is -0.794. The normalized spacial score (nSPS) is 15.5. The minimum absolute atomic E-state index is 0.245. The molecule has 1 amide bonds. The third-order valence-corrected chi connectivity index (χ3v) is 3.70. The van der Waals surface area contributed by atoms with Gasteiger partial charge < -0.3 is 14.9 Å². The summed E-state index contributed by atoms with van der Waals surface area (Å²) in [5.41, 5.74) is 0. The number of aryl methyl sites for hydroxylation is 1. The van der Waals surface area contributed by atoms with Gasteiger partial charge in [0.1, 0.15) is 6.04 Å². The molecule has 1 fully saturated rings. The second-order valence-corrected chi connectivity index (χ2v) is 5.77. The molecule has 1 atom stereocenters. The van der Waals surface area contributed by atoms with E-state index in [2.05, 4.69) is 15.5 Å². The van der Waals surface area contributed by atoms with Crippen LogP contribution in [0.4, 0.5) is 0 Å². The Morgan fingerprint density at radius 1 is 1.41 bits per heavy atom. The first-order valence-corrected chi connectivity index (χ1v) is 7.94. The average Bonchev–Trinajstić information content (AvgIpc) is 3.23. The van der Waals surface area contributed by atoms with Gasteiger partial charge in [-0.25, -0.2) is 4.79 Å². The first kappa shape index (κ1) is 16.5. The zero-order valence-corrected chi connectivity index (χ0v) is 12.9. The zero-order valence-electron chi connectivity index (χ0n) is 12.9. The molecule has 0 bridgehead atoms. The van der Waals surface area contributed by atoms with Crippen LogP contribution < -0.4 is 5.32 Å². The monoisotopic (exact) mass is 309 g/mol. The summed E-state index contributed by atoms with van der Waals surface area (Å²) in [6.45, 7) is 1.99.